The van der Waals surface area contributed by atoms with Crippen LogP contribution < -0.4 is 0 Å². The number of hydrogen-bond donors (Lipinski definition) is 0. The number of halogens is 1. The Hall–Kier alpha value is 0.470. The first-order valence-electron chi connectivity index (χ1n) is 5.62. The van der Waals surface area contributed by atoms with E-state index in [2.05, 4.69) is 41.7 Å². The molecule has 0 saturated carbocycles. The van der Waals surface area contributed by atoms with Gasteiger partial charge >= 0.3 is 0 Å². The molecule has 0 spiro atoms. The molecule has 0 fully saturated rings. The summed E-state index contributed by atoms with van der Waals surface area (Å²) in [5, 5.41) is 0. The van der Waals surface area contributed by atoms with Crippen LogP contribution in [0.3, 0.4) is 0 Å². The minimum atomic E-state index is 1.28. The Morgan fingerprint density at radius 1 is 0.846 bits per heavy atom. The molecule has 0 nitrogen and oxygen atoms in total. The Bertz CT molecular complexity index is 108. The van der Waals surface area contributed by atoms with Crippen molar-refractivity contribution in [3.05, 3.63) is 12.2 Å². The van der Waals surface area contributed by atoms with Crippen molar-refractivity contribution in [2.75, 3.05) is 4.43 Å². The van der Waals surface area contributed by atoms with Crippen LogP contribution >= 0.6 is 22.6 Å². The maximum atomic E-state index is 2.46. The minimum Gasteiger partial charge on any atom is -0.0885 e. The highest BCUT2D eigenvalue weighted by atomic mass is 127. The summed E-state index contributed by atoms with van der Waals surface area (Å²) < 4.78 is 1.32. The van der Waals surface area contributed by atoms with Crippen LogP contribution in [0.4, 0.5) is 0 Å². The maximum Gasteiger partial charge on any atom is -0.000473 e. The van der Waals surface area contributed by atoms with Gasteiger partial charge in [-0.05, 0) is 30.1 Å². The molecule has 0 aromatic heterocycles. The van der Waals surface area contributed by atoms with Gasteiger partial charge in [-0.3, -0.25) is 0 Å². The van der Waals surface area contributed by atoms with Gasteiger partial charge in [0.15, 0.2) is 0 Å². The molecule has 13 heavy (non-hydrogen) atoms. The van der Waals surface area contributed by atoms with Crippen molar-refractivity contribution in [2.45, 2.75) is 58.3 Å². The lowest BCUT2D eigenvalue weighted by Crippen LogP contribution is -1.77. The SMILES string of the molecule is CCCCC=CCCCCCCI. The average Bonchev–Trinajstić information content (AvgIpc) is 2.16. The van der Waals surface area contributed by atoms with Crippen molar-refractivity contribution in [3.8, 4) is 0 Å². The van der Waals surface area contributed by atoms with Crippen LogP contribution in [0, 0.1) is 0 Å². The zero-order valence-corrected chi connectivity index (χ0v) is 11.1. The van der Waals surface area contributed by atoms with Gasteiger partial charge in [-0.1, -0.05) is 67.3 Å². The molecule has 0 rings (SSSR count). The highest BCUT2D eigenvalue weighted by Crippen LogP contribution is 2.05. The van der Waals surface area contributed by atoms with E-state index in [0.29, 0.717) is 0 Å². The molecule has 0 aliphatic rings. The standard InChI is InChI=1S/C12H23I/c1-2-3-4-5-6-7-8-9-10-11-12-13/h5-6H,2-4,7-12H2,1H3. The van der Waals surface area contributed by atoms with Gasteiger partial charge in [0.05, 0.1) is 0 Å². The monoisotopic (exact) mass is 294 g/mol. The van der Waals surface area contributed by atoms with E-state index in [9.17, 15) is 0 Å². The van der Waals surface area contributed by atoms with E-state index in [1.165, 1.54) is 55.8 Å². The van der Waals surface area contributed by atoms with Crippen LogP contribution in [0.2, 0.25) is 0 Å². The Morgan fingerprint density at radius 2 is 1.46 bits per heavy atom. The second-order valence-corrected chi connectivity index (χ2v) is 4.58. The molecule has 0 radical (unpaired) electrons. The summed E-state index contributed by atoms with van der Waals surface area (Å²) in [6, 6.07) is 0. The molecule has 0 bridgehead atoms. The van der Waals surface area contributed by atoms with Crippen molar-refractivity contribution in [1.82, 2.24) is 0 Å². The molecule has 1 heteroatoms. The van der Waals surface area contributed by atoms with E-state index in [0.717, 1.165) is 0 Å². The minimum absolute atomic E-state index is 1.28. The van der Waals surface area contributed by atoms with Crippen molar-refractivity contribution < 1.29 is 0 Å². The van der Waals surface area contributed by atoms with E-state index < -0.39 is 0 Å². The van der Waals surface area contributed by atoms with Crippen molar-refractivity contribution in [1.29, 1.82) is 0 Å². The molecular formula is C12H23I. The summed E-state index contributed by atoms with van der Waals surface area (Å²) in [6.07, 6.45) is 15.6. The van der Waals surface area contributed by atoms with Crippen molar-refractivity contribution >= 4 is 22.6 Å². The van der Waals surface area contributed by atoms with Crippen molar-refractivity contribution in [3.63, 3.8) is 0 Å². The second-order valence-electron chi connectivity index (χ2n) is 3.51. The maximum absolute atomic E-state index is 2.46. The van der Waals surface area contributed by atoms with Crippen LogP contribution in [-0.2, 0) is 0 Å². The molecule has 0 aliphatic heterocycles. The highest BCUT2D eigenvalue weighted by molar-refractivity contribution is 14.1. The molecular weight excluding hydrogens is 271 g/mol. The van der Waals surface area contributed by atoms with Crippen LogP contribution in [0.1, 0.15) is 58.3 Å². The first kappa shape index (κ1) is 13.5. The smallest absolute Gasteiger partial charge is 0.000473 e. The third-order valence-corrected chi connectivity index (χ3v) is 2.91. The summed E-state index contributed by atoms with van der Waals surface area (Å²) in [5.74, 6) is 0. The molecule has 0 unspecified atom stereocenters. The largest absolute Gasteiger partial charge is 0.0885 e. The second kappa shape index (κ2) is 12.5. The molecule has 0 N–H and O–H groups in total. The third-order valence-electron chi connectivity index (χ3n) is 2.15. The number of rotatable bonds is 9. The van der Waals surface area contributed by atoms with Gasteiger partial charge in [-0.2, -0.15) is 0 Å². The van der Waals surface area contributed by atoms with Crippen LogP contribution in [0.5, 0.6) is 0 Å². The molecule has 0 aromatic rings. The zero-order chi connectivity index (χ0) is 9.78. The quantitative estimate of drug-likeness (QED) is 0.240. The Labute approximate surface area is 97.3 Å². The fraction of sp³-hybridized carbons (Fsp3) is 0.833. The summed E-state index contributed by atoms with van der Waals surface area (Å²) in [5.41, 5.74) is 0. The third kappa shape index (κ3) is 12.5. The summed E-state index contributed by atoms with van der Waals surface area (Å²) in [4.78, 5) is 0. The Balaban J connectivity index is 2.93. The van der Waals surface area contributed by atoms with Gasteiger partial charge in [-0.25, -0.2) is 0 Å². The van der Waals surface area contributed by atoms with Gasteiger partial charge in [0.2, 0.25) is 0 Å². The zero-order valence-electron chi connectivity index (χ0n) is 8.90. The Morgan fingerprint density at radius 3 is 2.08 bits per heavy atom. The van der Waals surface area contributed by atoms with Gasteiger partial charge in [-0.15, -0.1) is 0 Å². The topological polar surface area (TPSA) is 0 Å². The number of allylic oxidation sites excluding steroid dienone is 2. The van der Waals surface area contributed by atoms with E-state index in [1.807, 2.05) is 0 Å². The molecule has 0 aromatic carbocycles. The molecule has 0 aliphatic carbocycles. The van der Waals surface area contributed by atoms with Gasteiger partial charge in [0.1, 0.15) is 0 Å². The number of hydrogen-bond acceptors (Lipinski definition) is 0. The summed E-state index contributed by atoms with van der Waals surface area (Å²) >= 11 is 2.46. The van der Waals surface area contributed by atoms with Crippen LogP contribution in [-0.4, -0.2) is 4.43 Å². The summed E-state index contributed by atoms with van der Waals surface area (Å²) in [7, 11) is 0. The number of unbranched alkanes of at least 4 members (excludes halogenated alkanes) is 6. The van der Waals surface area contributed by atoms with Crippen molar-refractivity contribution in [2.24, 2.45) is 0 Å². The molecule has 0 amide bonds. The van der Waals surface area contributed by atoms with Gasteiger partial charge in [0, 0.05) is 0 Å². The van der Waals surface area contributed by atoms with Crippen LogP contribution in [0.25, 0.3) is 0 Å². The predicted octanol–water partition coefficient (Wildman–Crippen LogP) is 5.12. The molecule has 78 valence electrons. The van der Waals surface area contributed by atoms with Gasteiger partial charge in [0.25, 0.3) is 0 Å². The van der Waals surface area contributed by atoms with Crippen LogP contribution in [0.15, 0.2) is 12.2 Å². The van der Waals surface area contributed by atoms with E-state index in [1.54, 1.807) is 0 Å². The van der Waals surface area contributed by atoms with E-state index >= 15 is 0 Å². The lowest BCUT2D eigenvalue weighted by Gasteiger charge is -1.95. The van der Waals surface area contributed by atoms with E-state index in [-0.39, 0.29) is 0 Å². The summed E-state index contributed by atoms with van der Waals surface area (Å²) in [6.45, 7) is 2.25. The first-order chi connectivity index (χ1) is 6.41. The molecule has 0 saturated heterocycles. The lowest BCUT2D eigenvalue weighted by atomic mass is 10.1. The Kier molecular flexibility index (Phi) is 12.9. The fourth-order valence-corrected chi connectivity index (χ4v) is 1.81. The molecule has 0 atom stereocenters. The first-order valence-corrected chi connectivity index (χ1v) is 7.15. The highest BCUT2D eigenvalue weighted by Gasteiger charge is 1.86. The lowest BCUT2D eigenvalue weighted by molar-refractivity contribution is 0.680. The van der Waals surface area contributed by atoms with Gasteiger partial charge < -0.3 is 0 Å². The number of alkyl halides is 1. The average molecular weight is 294 g/mol. The normalized spacial score (nSPS) is 11.2. The van der Waals surface area contributed by atoms with E-state index in [4.69, 9.17) is 0 Å². The fourth-order valence-electron chi connectivity index (χ4n) is 1.27. The molecule has 0 heterocycles. The predicted molar refractivity (Wildman–Crippen MR) is 70.6 cm³/mol.